The van der Waals surface area contributed by atoms with Crippen LogP contribution in [-0.2, 0) is 6.54 Å². The number of benzene rings is 2. The summed E-state index contributed by atoms with van der Waals surface area (Å²) in [7, 11) is 3.13. The minimum absolute atomic E-state index is 0.192. The lowest BCUT2D eigenvalue weighted by atomic mass is 10.1. The highest BCUT2D eigenvalue weighted by Crippen LogP contribution is 2.26. The Kier molecular flexibility index (Phi) is 4.62. The van der Waals surface area contributed by atoms with Gasteiger partial charge in [0.25, 0.3) is 0 Å². The number of para-hydroxylation sites is 1. The Bertz CT molecular complexity index is 680. The van der Waals surface area contributed by atoms with Gasteiger partial charge < -0.3 is 14.8 Å². The van der Waals surface area contributed by atoms with Crippen LogP contribution in [0.2, 0.25) is 0 Å². The van der Waals surface area contributed by atoms with E-state index in [0.29, 0.717) is 18.0 Å². The number of halogens is 1. The minimum Gasteiger partial charge on any atom is -0.497 e. The number of methoxy groups -OCH3 is 2. The molecule has 0 fully saturated rings. The maximum absolute atomic E-state index is 13.8. The molecule has 0 saturated heterocycles. The van der Waals surface area contributed by atoms with Crippen LogP contribution in [0.4, 0.5) is 10.1 Å². The molecule has 1 N–H and O–H groups in total. The van der Waals surface area contributed by atoms with Crippen molar-refractivity contribution in [1.29, 1.82) is 5.26 Å². The molecule has 0 bridgehead atoms. The first-order valence-corrected chi connectivity index (χ1v) is 6.33. The van der Waals surface area contributed by atoms with Crippen molar-refractivity contribution >= 4 is 5.69 Å². The smallest absolute Gasteiger partial charge is 0.147 e. The van der Waals surface area contributed by atoms with Crippen LogP contribution >= 0.6 is 0 Å². The fraction of sp³-hybridized carbons (Fsp3) is 0.188. The summed E-state index contributed by atoms with van der Waals surface area (Å²) in [5.41, 5.74) is 1.30. The molecule has 0 aromatic heterocycles. The molecule has 5 heteroatoms. The quantitative estimate of drug-likeness (QED) is 0.916. The summed E-state index contributed by atoms with van der Waals surface area (Å²) >= 11 is 0. The summed E-state index contributed by atoms with van der Waals surface area (Å²) in [5, 5.41) is 12.0. The van der Waals surface area contributed by atoms with Gasteiger partial charge >= 0.3 is 0 Å². The molecule has 0 unspecified atom stereocenters. The fourth-order valence-electron chi connectivity index (χ4n) is 1.98. The average molecular weight is 286 g/mol. The highest BCUT2D eigenvalue weighted by Gasteiger charge is 2.10. The van der Waals surface area contributed by atoms with Crippen molar-refractivity contribution < 1.29 is 13.9 Å². The van der Waals surface area contributed by atoms with Crippen molar-refractivity contribution in [3.8, 4) is 17.6 Å². The summed E-state index contributed by atoms with van der Waals surface area (Å²) in [4.78, 5) is 0. The lowest BCUT2D eigenvalue weighted by Gasteiger charge is -2.13. The first-order chi connectivity index (χ1) is 10.2. The summed E-state index contributed by atoms with van der Waals surface area (Å²) in [6, 6.07) is 11.7. The summed E-state index contributed by atoms with van der Waals surface area (Å²) in [6.45, 7) is 0.336. The van der Waals surface area contributed by atoms with Gasteiger partial charge in [-0.3, -0.25) is 0 Å². The van der Waals surface area contributed by atoms with Gasteiger partial charge in [-0.25, -0.2) is 4.39 Å². The Hall–Kier alpha value is -2.74. The molecule has 2 aromatic rings. The van der Waals surface area contributed by atoms with Crippen LogP contribution in [-0.4, -0.2) is 14.2 Å². The normalized spacial score (nSPS) is 9.81. The molecular formula is C16H15FN2O2. The van der Waals surface area contributed by atoms with Gasteiger partial charge in [-0.2, -0.15) is 5.26 Å². The second kappa shape index (κ2) is 6.62. The van der Waals surface area contributed by atoms with Crippen LogP contribution in [0.5, 0.6) is 11.5 Å². The molecule has 21 heavy (non-hydrogen) atoms. The molecule has 0 aliphatic heterocycles. The van der Waals surface area contributed by atoms with E-state index in [1.54, 1.807) is 32.4 Å². The number of nitriles is 1. The maximum Gasteiger partial charge on any atom is 0.147 e. The van der Waals surface area contributed by atoms with E-state index in [-0.39, 0.29) is 11.3 Å². The lowest BCUT2D eigenvalue weighted by molar-refractivity contribution is 0.391. The van der Waals surface area contributed by atoms with Crippen LogP contribution < -0.4 is 14.8 Å². The van der Waals surface area contributed by atoms with Gasteiger partial charge in [0, 0.05) is 18.2 Å². The number of hydrogen-bond donors (Lipinski definition) is 1. The molecule has 0 heterocycles. The third-order valence-corrected chi connectivity index (χ3v) is 3.08. The van der Waals surface area contributed by atoms with E-state index in [2.05, 4.69) is 5.32 Å². The standard InChI is InChI=1S/C16H15FN2O2/c1-20-13-7-6-12(15(8-13)21-2)10-19-16-11(9-18)4-3-5-14(16)17/h3-8,19H,10H2,1-2H3. The Morgan fingerprint density at radius 1 is 1.19 bits per heavy atom. The summed E-state index contributed by atoms with van der Waals surface area (Å²) < 4.78 is 24.2. The molecule has 0 atom stereocenters. The predicted octanol–water partition coefficient (Wildman–Crippen LogP) is 3.33. The van der Waals surface area contributed by atoms with Gasteiger partial charge in [-0.05, 0) is 24.3 Å². The molecule has 0 saturated carbocycles. The van der Waals surface area contributed by atoms with Crippen molar-refractivity contribution in [2.45, 2.75) is 6.54 Å². The van der Waals surface area contributed by atoms with Gasteiger partial charge in [-0.15, -0.1) is 0 Å². The third-order valence-electron chi connectivity index (χ3n) is 3.08. The average Bonchev–Trinajstić information content (AvgIpc) is 2.53. The molecule has 0 spiro atoms. The van der Waals surface area contributed by atoms with Crippen LogP contribution in [0.15, 0.2) is 36.4 Å². The Labute approximate surface area is 122 Å². The molecule has 0 radical (unpaired) electrons. The zero-order chi connectivity index (χ0) is 15.2. The van der Waals surface area contributed by atoms with Crippen molar-refractivity contribution in [3.63, 3.8) is 0 Å². The van der Waals surface area contributed by atoms with Gasteiger partial charge in [0.05, 0.1) is 25.5 Å². The molecule has 0 amide bonds. The number of anilines is 1. The minimum atomic E-state index is -0.457. The zero-order valence-electron chi connectivity index (χ0n) is 11.8. The van der Waals surface area contributed by atoms with Crippen LogP contribution in [0.25, 0.3) is 0 Å². The van der Waals surface area contributed by atoms with E-state index in [1.165, 1.54) is 12.1 Å². The number of hydrogen-bond acceptors (Lipinski definition) is 4. The first-order valence-electron chi connectivity index (χ1n) is 6.33. The van der Waals surface area contributed by atoms with Crippen LogP contribution in [0.1, 0.15) is 11.1 Å². The van der Waals surface area contributed by atoms with Crippen LogP contribution in [0.3, 0.4) is 0 Å². The molecule has 2 aromatic carbocycles. The van der Waals surface area contributed by atoms with Gasteiger partial charge in [0.1, 0.15) is 23.4 Å². The number of ether oxygens (including phenoxy) is 2. The maximum atomic E-state index is 13.8. The van der Waals surface area contributed by atoms with Gasteiger partial charge in [0.2, 0.25) is 0 Å². The van der Waals surface area contributed by atoms with Crippen molar-refractivity contribution in [1.82, 2.24) is 0 Å². The lowest BCUT2D eigenvalue weighted by Crippen LogP contribution is -2.05. The Balaban J connectivity index is 2.23. The van der Waals surface area contributed by atoms with E-state index in [0.717, 1.165) is 5.56 Å². The second-order valence-corrected chi connectivity index (χ2v) is 4.31. The molecule has 0 aliphatic carbocycles. The SMILES string of the molecule is COc1ccc(CNc2c(F)cccc2C#N)c(OC)c1. The number of nitrogens with zero attached hydrogens (tertiary/aromatic N) is 1. The third kappa shape index (κ3) is 3.23. The predicted molar refractivity (Wildman–Crippen MR) is 78.0 cm³/mol. The number of rotatable bonds is 5. The van der Waals surface area contributed by atoms with Gasteiger partial charge in [0.15, 0.2) is 0 Å². The van der Waals surface area contributed by atoms with E-state index in [9.17, 15) is 4.39 Å². The van der Waals surface area contributed by atoms with E-state index >= 15 is 0 Å². The Morgan fingerprint density at radius 2 is 2.00 bits per heavy atom. The van der Waals surface area contributed by atoms with Crippen molar-refractivity contribution in [3.05, 3.63) is 53.3 Å². The topological polar surface area (TPSA) is 54.3 Å². The molecule has 0 aliphatic rings. The molecular weight excluding hydrogens is 271 g/mol. The highest BCUT2D eigenvalue weighted by molar-refractivity contribution is 5.59. The largest absolute Gasteiger partial charge is 0.497 e. The van der Waals surface area contributed by atoms with Crippen molar-refractivity contribution in [2.75, 3.05) is 19.5 Å². The van der Waals surface area contributed by atoms with Crippen molar-refractivity contribution in [2.24, 2.45) is 0 Å². The molecule has 108 valence electrons. The van der Waals surface area contributed by atoms with E-state index in [1.807, 2.05) is 12.1 Å². The number of nitrogens with one attached hydrogen (secondary N) is 1. The van der Waals surface area contributed by atoms with Crippen LogP contribution in [0, 0.1) is 17.1 Å². The highest BCUT2D eigenvalue weighted by atomic mass is 19.1. The second-order valence-electron chi connectivity index (χ2n) is 4.31. The first kappa shape index (κ1) is 14.7. The van der Waals surface area contributed by atoms with E-state index in [4.69, 9.17) is 14.7 Å². The Morgan fingerprint density at radius 3 is 2.67 bits per heavy atom. The fourth-order valence-corrected chi connectivity index (χ4v) is 1.98. The monoisotopic (exact) mass is 286 g/mol. The summed E-state index contributed by atoms with van der Waals surface area (Å²) in [5.74, 6) is 0.859. The molecule has 4 nitrogen and oxygen atoms in total. The zero-order valence-corrected chi connectivity index (χ0v) is 11.8. The molecule has 2 rings (SSSR count). The summed E-state index contributed by atoms with van der Waals surface area (Å²) in [6.07, 6.45) is 0. The van der Waals surface area contributed by atoms with E-state index < -0.39 is 5.82 Å². The van der Waals surface area contributed by atoms with Gasteiger partial charge in [-0.1, -0.05) is 6.07 Å².